The van der Waals surface area contributed by atoms with E-state index < -0.39 is 9.84 Å². The second-order valence-electron chi connectivity index (χ2n) is 5.71. The molecule has 1 aromatic heterocycles. The van der Waals surface area contributed by atoms with Gasteiger partial charge in [0.15, 0.2) is 9.84 Å². The number of sulfone groups is 1. The predicted molar refractivity (Wildman–Crippen MR) is 91.8 cm³/mol. The average molecular weight is 345 g/mol. The molecule has 0 saturated carbocycles. The first kappa shape index (κ1) is 16.4. The van der Waals surface area contributed by atoms with Gasteiger partial charge in [-0.05, 0) is 43.2 Å². The fraction of sp³-hybridized carbons (Fsp3) is 0.235. The predicted octanol–water partition coefficient (Wildman–Crippen LogP) is 1.56. The summed E-state index contributed by atoms with van der Waals surface area (Å²) in [5, 5.41) is 2.71. The monoisotopic (exact) mass is 345 g/mol. The van der Waals surface area contributed by atoms with E-state index in [-0.39, 0.29) is 23.0 Å². The third kappa shape index (κ3) is 3.73. The largest absolute Gasteiger partial charge is 0.326 e. The maximum Gasteiger partial charge on any atom is 0.255 e. The molecule has 24 heavy (non-hydrogen) atoms. The normalized spacial score (nSPS) is 17.3. The maximum atomic E-state index is 12.2. The molecular formula is C17H17N2O4S. The molecule has 7 heteroatoms. The van der Waals surface area contributed by atoms with Crippen molar-refractivity contribution in [2.75, 3.05) is 16.8 Å². The Bertz CT molecular complexity index is 901. The van der Waals surface area contributed by atoms with Crippen molar-refractivity contribution in [1.29, 1.82) is 0 Å². The minimum Gasteiger partial charge on any atom is -0.326 e. The average Bonchev–Trinajstić information content (AvgIpc) is 2.55. The number of anilines is 1. The van der Waals surface area contributed by atoms with Gasteiger partial charge in [0.05, 0.1) is 17.4 Å². The summed E-state index contributed by atoms with van der Waals surface area (Å²) in [4.78, 5) is 24.0. The molecule has 1 aliphatic heterocycles. The number of benzene rings is 1. The first-order chi connectivity index (χ1) is 11.4. The fourth-order valence-electron chi connectivity index (χ4n) is 2.66. The zero-order chi connectivity index (χ0) is 17.2. The van der Waals surface area contributed by atoms with E-state index in [9.17, 15) is 18.0 Å². The van der Waals surface area contributed by atoms with Crippen LogP contribution in [0.15, 0.2) is 53.5 Å². The number of hydrogen-bond acceptors (Lipinski definition) is 4. The van der Waals surface area contributed by atoms with Crippen molar-refractivity contribution < 1.29 is 13.2 Å². The Morgan fingerprint density at radius 2 is 1.83 bits per heavy atom. The zero-order valence-corrected chi connectivity index (χ0v) is 13.8. The van der Waals surface area contributed by atoms with Crippen molar-refractivity contribution in [2.24, 2.45) is 0 Å². The second kappa shape index (κ2) is 6.60. The molecule has 0 atom stereocenters. The number of rotatable bonds is 3. The molecular weight excluding hydrogens is 328 g/mol. The molecule has 3 rings (SSSR count). The molecule has 0 spiro atoms. The lowest BCUT2D eigenvalue weighted by atomic mass is 10.0. The highest BCUT2D eigenvalue weighted by Gasteiger charge is 2.30. The van der Waals surface area contributed by atoms with Crippen LogP contribution in [0.3, 0.4) is 0 Å². The van der Waals surface area contributed by atoms with Gasteiger partial charge in [0.1, 0.15) is 0 Å². The third-order valence-corrected chi connectivity index (χ3v) is 5.57. The molecule has 1 aliphatic rings. The molecule has 6 nitrogen and oxygen atoms in total. The SMILES string of the molecule is O=C(Nc1ccc(-n2ccccc2=O)cc1)[C]1CCCS(=O)(=O)C1. The maximum absolute atomic E-state index is 12.2. The Labute approximate surface area is 140 Å². The zero-order valence-electron chi connectivity index (χ0n) is 12.9. The van der Waals surface area contributed by atoms with Crippen LogP contribution in [-0.4, -0.2) is 30.4 Å². The van der Waals surface area contributed by atoms with Crippen LogP contribution in [0.25, 0.3) is 5.69 Å². The molecule has 0 bridgehead atoms. The lowest BCUT2D eigenvalue weighted by Gasteiger charge is -2.20. The molecule has 2 heterocycles. The number of nitrogens with one attached hydrogen (secondary N) is 1. The van der Waals surface area contributed by atoms with Crippen molar-refractivity contribution >= 4 is 21.4 Å². The summed E-state index contributed by atoms with van der Waals surface area (Å²) < 4.78 is 24.7. The summed E-state index contributed by atoms with van der Waals surface area (Å²) in [6.07, 6.45) is 2.65. The lowest BCUT2D eigenvalue weighted by molar-refractivity contribution is -0.114. The van der Waals surface area contributed by atoms with Gasteiger partial charge in [-0.3, -0.25) is 14.2 Å². The van der Waals surface area contributed by atoms with E-state index in [1.54, 1.807) is 42.6 Å². The second-order valence-corrected chi connectivity index (χ2v) is 7.89. The van der Waals surface area contributed by atoms with Gasteiger partial charge in [0.25, 0.3) is 5.56 Å². The van der Waals surface area contributed by atoms with Gasteiger partial charge in [-0.25, -0.2) is 8.42 Å². The Balaban J connectivity index is 1.71. The summed E-state index contributed by atoms with van der Waals surface area (Å²) in [5.74, 6) is 0.00758. The lowest BCUT2D eigenvalue weighted by Crippen LogP contribution is -2.32. The van der Waals surface area contributed by atoms with Crippen LogP contribution in [0.5, 0.6) is 0 Å². The van der Waals surface area contributed by atoms with Gasteiger partial charge in [-0.1, -0.05) is 6.07 Å². The number of carbonyl (C=O) groups excluding carboxylic acids is 1. The molecule has 1 amide bonds. The summed E-state index contributed by atoms with van der Waals surface area (Å²) in [6.45, 7) is 0. The summed E-state index contributed by atoms with van der Waals surface area (Å²) >= 11 is 0. The Kier molecular flexibility index (Phi) is 4.53. The highest BCUT2D eigenvalue weighted by atomic mass is 32.2. The molecule has 125 valence electrons. The topological polar surface area (TPSA) is 85.2 Å². The quantitative estimate of drug-likeness (QED) is 0.915. The molecule has 0 unspecified atom stereocenters. The van der Waals surface area contributed by atoms with E-state index in [2.05, 4.69) is 5.32 Å². The van der Waals surface area contributed by atoms with Crippen molar-refractivity contribution in [3.63, 3.8) is 0 Å². The van der Waals surface area contributed by atoms with Gasteiger partial charge in [-0.15, -0.1) is 0 Å². The van der Waals surface area contributed by atoms with E-state index in [1.165, 1.54) is 10.6 Å². The van der Waals surface area contributed by atoms with Crippen molar-refractivity contribution in [3.8, 4) is 5.69 Å². The van der Waals surface area contributed by atoms with Gasteiger partial charge < -0.3 is 5.32 Å². The standard InChI is InChI=1S/C17H17N2O4S/c20-16-5-1-2-10-19(16)15-8-6-14(7-9-15)18-17(21)13-4-3-11-24(22,23)12-13/h1-2,5-10H,3-4,11-12H2,(H,18,21). The van der Waals surface area contributed by atoms with Crippen molar-refractivity contribution in [3.05, 3.63) is 64.9 Å². The molecule has 1 radical (unpaired) electrons. The minimum atomic E-state index is -3.15. The van der Waals surface area contributed by atoms with E-state index in [0.29, 0.717) is 30.1 Å². The molecule has 2 aromatic rings. The fourth-order valence-corrected chi connectivity index (χ4v) is 4.19. The molecule has 1 aromatic carbocycles. The first-order valence-corrected chi connectivity index (χ1v) is 9.41. The summed E-state index contributed by atoms with van der Waals surface area (Å²) in [7, 11) is -3.15. The Morgan fingerprint density at radius 3 is 2.50 bits per heavy atom. The smallest absolute Gasteiger partial charge is 0.255 e. The number of amides is 1. The van der Waals surface area contributed by atoms with Gasteiger partial charge >= 0.3 is 0 Å². The number of hydrogen-bond donors (Lipinski definition) is 1. The Hall–Kier alpha value is -2.41. The van der Waals surface area contributed by atoms with E-state index in [0.717, 1.165) is 0 Å². The van der Waals surface area contributed by atoms with E-state index in [1.807, 2.05) is 0 Å². The third-order valence-electron chi connectivity index (χ3n) is 3.87. The Morgan fingerprint density at radius 1 is 1.08 bits per heavy atom. The van der Waals surface area contributed by atoms with Crippen LogP contribution in [0.2, 0.25) is 0 Å². The van der Waals surface area contributed by atoms with E-state index in [4.69, 9.17) is 0 Å². The van der Waals surface area contributed by atoms with Gasteiger partial charge in [0, 0.05) is 23.6 Å². The van der Waals surface area contributed by atoms with Crippen LogP contribution in [0.1, 0.15) is 12.8 Å². The molecule has 0 aliphatic carbocycles. The van der Waals surface area contributed by atoms with Gasteiger partial charge in [0.2, 0.25) is 5.91 Å². The van der Waals surface area contributed by atoms with Crippen molar-refractivity contribution in [1.82, 2.24) is 4.57 Å². The summed E-state index contributed by atoms with van der Waals surface area (Å²) in [6, 6.07) is 11.7. The number of pyridine rings is 1. The summed E-state index contributed by atoms with van der Waals surface area (Å²) in [5.41, 5.74) is 1.10. The highest BCUT2D eigenvalue weighted by Crippen LogP contribution is 2.22. The van der Waals surface area contributed by atoms with E-state index >= 15 is 0 Å². The van der Waals surface area contributed by atoms with Crippen LogP contribution < -0.4 is 10.9 Å². The van der Waals surface area contributed by atoms with Crippen LogP contribution in [0, 0.1) is 5.92 Å². The van der Waals surface area contributed by atoms with Gasteiger partial charge in [-0.2, -0.15) is 0 Å². The number of carbonyl (C=O) groups is 1. The molecule has 1 saturated heterocycles. The van der Waals surface area contributed by atoms with Crippen LogP contribution in [0.4, 0.5) is 5.69 Å². The molecule has 1 N–H and O–H groups in total. The first-order valence-electron chi connectivity index (χ1n) is 7.59. The van der Waals surface area contributed by atoms with Crippen LogP contribution >= 0.6 is 0 Å². The number of nitrogens with zero attached hydrogens (tertiary/aromatic N) is 1. The van der Waals surface area contributed by atoms with Crippen LogP contribution in [-0.2, 0) is 14.6 Å². The minimum absolute atomic E-state index is 0.141. The molecule has 1 fully saturated rings. The highest BCUT2D eigenvalue weighted by molar-refractivity contribution is 7.91. The number of aromatic nitrogens is 1. The van der Waals surface area contributed by atoms with Crippen molar-refractivity contribution in [2.45, 2.75) is 12.8 Å².